The summed E-state index contributed by atoms with van der Waals surface area (Å²) in [6, 6.07) is 12.3. The average Bonchev–Trinajstić information content (AvgIpc) is 2.52. The second-order valence-corrected chi connectivity index (χ2v) is 4.57. The molecule has 0 spiro atoms. The van der Waals surface area contributed by atoms with Crippen LogP contribution in [0.3, 0.4) is 0 Å². The lowest BCUT2D eigenvalue weighted by molar-refractivity contribution is -0.137. The van der Waals surface area contributed by atoms with Gasteiger partial charge in [-0.2, -0.15) is 13.2 Å². The lowest BCUT2D eigenvalue weighted by Gasteiger charge is -2.13. The average molecular weight is 301 g/mol. The number of halogens is 3. The van der Waals surface area contributed by atoms with E-state index in [1.165, 1.54) is 12.1 Å². The van der Waals surface area contributed by atoms with Crippen molar-refractivity contribution in [3.63, 3.8) is 0 Å². The number of allylic oxidation sites excluding steroid dienone is 2. The lowest BCUT2D eigenvalue weighted by Crippen LogP contribution is -2.06. The van der Waals surface area contributed by atoms with Gasteiger partial charge in [-0.25, -0.2) is 0 Å². The lowest BCUT2D eigenvalue weighted by atomic mass is 9.97. The summed E-state index contributed by atoms with van der Waals surface area (Å²) in [5.74, 6) is 0. The molecule has 0 heterocycles. The molecule has 0 aliphatic carbocycles. The first kappa shape index (κ1) is 15.8. The molecule has 0 radical (unpaired) electrons. The number of hydrogen-bond donors (Lipinski definition) is 0. The number of alkyl halides is 3. The van der Waals surface area contributed by atoms with Gasteiger partial charge in [-0.05, 0) is 36.1 Å². The maximum absolute atomic E-state index is 13.1. The van der Waals surface area contributed by atoms with Crippen molar-refractivity contribution in [1.29, 1.82) is 0 Å². The van der Waals surface area contributed by atoms with E-state index in [4.69, 9.17) is 0 Å². The third-order valence-corrected chi connectivity index (χ3v) is 3.15. The Morgan fingerprint density at radius 1 is 1.05 bits per heavy atom. The molecule has 0 atom stereocenters. The molecule has 0 bridgehead atoms. The maximum Gasteiger partial charge on any atom is 0.417 e. The predicted molar refractivity (Wildman–Crippen MR) is 84.6 cm³/mol. The van der Waals surface area contributed by atoms with Gasteiger partial charge in [0.1, 0.15) is 0 Å². The van der Waals surface area contributed by atoms with E-state index in [0.717, 1.165) is 6.07 Å². The summed E-state index contributed by atoms with van der Waals surface area (Å²) < 4.78 is 39.4. The van der Waals surface area contributed by atoms with Crippen LogP contribution >= 0.6 is 0 Å². The van der Waals surface area contributed by atoms with Crippen LogP contribution in [-0.2, 0) is 6.18 Å². The summed E-state index contributed by atoms with van der Waals surface area (Å²) in [6.45, 7) is 7.06. The van der Waals surface area contributed by atoms with Gasteiger partial charge in [-0.15, -0.1) is 0 Å². The van der Waals surface area contributed by atoms with Gasteiger partial charge in [0.25, 0.3) is 0 Å². The van der Waals surface area contributed by atoms with Crippen molar-refractivity contribution < 1.29 is 13.2 Å². The van der Waals surface area contributed by atoms with E-state index >= 15 is 0 Å². The minimum atomic E-state index is -4.40. The molecule has 4 heteroatoms. The van der Waals surface area contributed by atoms with Gasteiger partial charge in [0, 0.05) is 5.56 Å². The van der Waals surface area contributed by atoms with Crippen LogP contribution in [0.4, 0.5) is 13.2 Å². The monoisotopic (exact) mass is 301 g/mol. The van der Waals surface area contributed by atoms with Gasteiger partial charge in [0.15, 0.2) is 0 Å². The highest BCUT2D eigenvalue weighted by atomic mass is 19.4. The minimum Gasteiger partial charge on any atom is -0.264 e. The van der Waals surface area contributed by atoms with E-state index in [2.05, 4.69) is 18.3 Å². The third kappa shape index (κ3) is 3.34. The van der Waals surface area contributed by atoms with Crippen molar-refractivity contribution in [1.82, 2.24) is 0 Å². The fourth-order valence-corrected chi connectivity index (χ4v) is 2.18. The Balaban J connectivity index is 2.59. The molecule has 0 aliphatic rings. The van der Waals surface area contributed by atoms with Crippen molar-refractivity contribution in [3.05, 3.63) is 78.4 Å². The molecule has 2 aromatic carbocycles. The van der Waals surface area contributed by atoms with Crippen molar-refractivity contribution >= 4 is 12.4 Å². The Morgan fingerprint density at radius 3 is 2.41 bits per heavy atom. The van der Waals surface area contributed by atoms with Gasteiger partial charge >= 0.3 is 6.18 Å². The van der Waals surface area contributed by atoms with Gasteiger partial charge in [0.2, 0.25) is 0 Å². The fourth-order valence-electron chi connectivity index (χ4n) is 2.18. The zero-order valence-corrected chi connectivity index (χ0v) is 11.8. The molecular formula is C18H14F3N. The second-order valence-electron chi connectivity index (χ2n) is 4.57. The largest absolute Gasteiger partial charge is 0.417 e. The molecule has 2 aromatic rings. The van der Waals surface area contributed by atoms with Crippen LogP contribution in [0, 0.1) is 0 Å². The van der Waals surface area contributed by atoms with Crippen LogP contribution < -0.4 is 0 Å². The van der Waals surface area contributed by atoms with Crippen LogP contribution in [0.15, 0.2) is 72.3 Å². The van der Waals surface area contributed by atoms with E-state index in [9.17, 15) is 13.2 Å². The summed E-state index contributed by atoms with van der Waals surface area (Å²) >= 11 is 0. The van der Waals surface area contributed by atoms with E-state index < -0.39 is 11.7 Å². The van der Waals surface area contributed by atoms with Crippen LogP contribution in [0.5, 0.6) is 0 Å². The molecule has 0 saturated heterocycles. The zero-order valence-electron chi connectivity index (χ0n) is 11.8. The molecule has 0 fully saturated rings. The summed E-state index contributed by atoms with van der Waals surface area (Å²) in [7, 11) is 0. The highest BCUT2D eigenvalue weighted by Crippen LogP contribution is 2.37. The van der Waals surface area contributed by atoms with Crippen molar-refractivity contribution in [2.75, 3.05) is 0 Å². The summed E-state index contributed by atoms with van der Waals surface area (Å²) in [6.07, 6.45) is -1.19. The normalized spacial score (nSPS) is 12.0. The second kappa shape index (κ2) is 6.43. The summed E-state index contributed by atoms with van der Waals surface area (Å²) in [4.78, 5) is 3.87. The van der Waals surface area contributed by atoms with Crippen LogP contribution in [-0.4, -0.2) is 6.72 Å². The van der Waals surface area contributed by atoms with E-state index in [0.29, 0.717) is 16.8 Å². The highest BCUT2D eigenvalue weighted by Gasteiger charge is 2.33. The molecule has 2 rings (SSSR count). The number of rotatable bonds is 4. The van der Waals surface area contributed by atoms with E-state index in [1.54, 1.807) is 42.5 Å². The maximum atomic E-state index is 13.1. The van der Waals surface area contributed by atoms with Crippen molar-refractivity contribution in [3.8, 4) is 11.1 Å². The van der Waals surface area contributed by atoms with Crippen LogP contribution in [0.25, 0.3) is 16.8 Å². The highest BCUT2D eigenvalue weighted by molar-refractivity contribution is 5.76. The number of nitrogens with zero attached hydrogens (tertiary/aromatic N) is 1. The number of aliphatic imine (C=N–C) groups is 1. The quantitative estimate of drug-likeness (QED) is 0.515. The van der Waals surface area contributed by atoms with Gasteiger partial charge in [-0.1, -0.05) is 49.1 Å². The third-order valence-electron chi connectivity index (χ3n) is 3.15. The van der Waals surface area contributed by atoms with Gasteiger partial charge in [0.05, 0.1) is 11.3 Å². The Labute approximate surface area is 127 Å². The van der Waals surface area contributed by atoms with Gasteiger partial charge < -0.3 is 0 Å². The molecule has 0 aliphatic heterocycles. The van der Waals surface area contributed by atoms with E-state index in [-0.39, 0.29) is 5.56 Å². The van der Waals surface area contributed by atoms with Crippen LogP contribution in [0.2, 0.25) is 0 Å². The summed E-state index contributed by atoms with van der Waals surface area (Å²) in [5.41, 5.74) is 1.20. The van der Waals surface area contributed by atoms with Crippen molar-refractivity contribution in [2.45, 2.75) is 6.18 Å². The Kier molecular flexibility index (Phi) is 4.61. The molecular weight excluding hydrogens is 287 g/mol. The first-order valence-electron chi connectivity index (χ1n) is 6.54. The zero-order chi connectivity index (χ0) is 16.2. The Hall–Kier alpha value is -2.62. The molecule has 22 heavy (non-hydrogen) atoms. The molecule has 0 aromatic heterocycles. The van der Waals surface area contributed by atoms with Gasteiger partial charge in [-0.3, -0.25) is 4.99 Å². The SMILES string of the molecule is C=C/C=C(\N=C)c1cccc(-c2ccccc2C(F)(F)F)c1. The number of hydrogen-bond acceptors (Lipinski definition) is 1. The number of benzene rings is 2. The molecule has 1 nitrogen and oxygen atoms in total. The molecule has 0 amide bonds. The summed E-state index contributed by atoms with van der Waals surface area (Å²) in [5, 5.41) is 0. The van der Waals surface area contributed by atoms with Crippen LogP contribution in [0.1, 0.15) is 11.1 Å². The predicted octanol–water partition coefficient (Wildman–Crippen LogP) is 5.60. The Bertz CT molecular complexity index is 727. The first-order valence-corrected chi connectivity index (χ1v) is 6.54. The molecule has 0 N–H and O–H groups in total. The first-order chi connectivity index (χ1) is 10.5. The molecule has 112 valence electrons. The Morgan fingerprint density at radius 2 is 1.77 bits per heavy atom. The fraction of sp³-hybridized carbons (Fsp3) is 0.0556. The van der Waals surface area contributed by atoms with Crippen molar-refractivity contribution in [2.24, 2.45) is 4.99 Å². The van der Waals surface area contributed by atoms with E-state index in [1.807, 2.05) is 0 Å². The minimum absolute atomic E-state index is 0.138. The smallest absolute Gasteiger partial charge is 0.264 e. The topological polar surface area (TPSA) is 12.4 Å². The standard InChI is InChI=1S/C18H14F3N/c1-3-7-17(22-2)14-9-6-8-13(12-14)15-10-4-5-11-16(15)18(19,20)21/h3-12H,1-2H2/b17-7-. The molecule has 0 saturated carbocycles. The molecule has 0 unspecified atom stereocenters.